The first kappa shape index (κ1) is 10.9. The van der Waals surface area contributed by atoms with E-state index in [2.05, 4.69) is 9.93 Å². The summed E-state index contributed by atoms with van der Waals surface area (Å²) in [7, 11) is -3.54. The Morgan fingerprint density at radius 2 is 2.25 bits per heavy atom. The van der Waals surface area contributed by atoms with E-state index in [1.807, 2.05) is 0 Å². The third kappa shape index (κ3) is 2.50. The molecule has 0 saturated heterocycles. The van der Waals surface area contributed by atoms with E-state index in [0.717, 1.165) is 11.3 Å². The molecule has 2 heterocycles. The predicted octanol–water partition coefficient (Wildman–Crippen LogP) is 1.65. The Labute approximate surface area is 96.5 Å². The Balaban J connectivity index is 2.06. The van der Waals surface area contributed by atoms with E-state index in [4.69, 9.17) is 4.42 Å². The van der Waals surface area contributed by atoms with E-state index >= 15 is 0 Å². The molecule has 0 atom stereocenters. The van der Waals surface area contributed by atoms with Crippen molar-refractivity contribution in [3.8, 4) is 0 Å². The van der Waals surface area contributed by atoms with Crippen LogP contribution < -0.4 is 4.83 Å². The molecule has 0 saturated carbocycles. The molecule has 0 amide bonds. The maximum absolute atomic E-state index is 11.6. The molecule has 0 aliphatic heterocycles. The van der Waals surface area contributed by atoms with Gasteiger partial charge in [-0.15, -0.1) is 11.3 Å². The minimum Gasteiger partial charge on any atom is -0.463 e. The first-order valence-corrected chi connectivity index (χ1v) is 6.67. The predicted molar refractivity (Wildman–Crippen MR) is 60.9 cm³/mol. The van der Waals surface area contributed by atoms with E-state index < -0.39 is 10.0 Å². The van der Waals surface area contributed by atoms with Crippen molar-refractivity contribution in [2.75, 3.05) is 0 Å². The molecule has 2 aromatic rings. The zero-order valence-corrected chi connectivity index (χ0v) is 9.66. The first-order chi connectivity index (χ1) is 7.68. The lowest BCUT2D eigenvalue weighted by Crippen LogP contribution is -2.16. The molecule has 0 unspecified atom stereocenters. The highest BCUT2D eigenvalue weighted by Crippen LogP contribution is 2.14. The molecule has 16 heavy (non-hydrogen) atoms. The zero-order chi connectivity index (χ0) is 11.4. The number of nitrogens with zero attached hydrogens (tertiary/aromatic N) is 1. The van der Waals surface area contributed by atoms with E-state index in [-0.39, 0.29) is 4.21 Å². The molecule has 0 radical (unpaired) electrons. The minimum absolute atomic E-state index is 0.226. The summed E-state index contributed by atoms with van der Waals surface area (Å²) in [6, 6.07) is 6.53. The van der Waals surface area contributed by atoms with Crippen LogP contribution in [0.25, 0.3) is 0 Å². The number of sulfonamides is 1. The van der Waals surface area contributed by atoms with Gasteiger partial charge >= 0.3 is 0 Å². The average molecular weight is 256 g/mol. The van der Waals surface area contributed by atoms with E-state index in [1.165, 1.54) is 18.5 Å². The van der Waals surface area contributed by atoms with Gasteiger partial charge in [-0.1, -0.05) is 6.07 Å². The molecule has 2 rings (SSSR count). The number of thiophene rings is 1. The summed E-state index contributed by atoms with van der Waals surface area (Å²) < 4.78 is 28.3. The second-order valence-electron chi connectivity index (χ2n) is 2.80. The van der Waals surface area contributed by atoms with Crippen LogP contribution in [0.4, 0.5) is 0 Å². The standard InChI is InChI=1S/C9H8N2O3S2/c12-16(13,9-4-2-6-15-9)11-10-7-8-3-1-5-14-8/h1-7,11H/b10-7+. The van der Waals surface area contributed by atoms with Gasteiger partial charge in [-0.3, -0.25) is 0 Å². The van der Waals surface area contributed by atoms with Crippen molar-refractivity contribution in [3.63, 3.8) is 0 Å². The Hall–Kier alpha value is -1.60. The summed E-state index contributed by atoms with van der Waals surface area (Å²) in [5.74, 6) is 0.480. The highest BCUT2D eigenvalue weighted by atomic mass is 32.2. The number of nitrogens with one attached hydrogen (secondary N) is 1. The van der Waals surface area contributed by atoms with Gasteiger partial charge in [-0.25, -0.2) is 0 Å². The number of hydrogen-bond acceptors (Lipinski definition) is 5. The largest absolute Gasteiger partial charge is 0.463 e. The van der Waals surface area contributed by atoms with Gasteiger partial charge in [0.05, 0.1) is 12.5 Å². The van der Waals surface area contributed by atoms with Crippen LogP contribution in [0.15, 0.2) is 49.6 Å². The Morgan fingerprint density at radius 3 is 2.88 bits per heavy atom. The molecule has 84 valence electrons. The molecule has 7 heteroatoms. The fourth-order valence-electron chi connectivity index (χ4n) is 0.985. The van der Waals surface area contributed by atoms with Crippen LogP contribution in [-0.4, -0.2) is 14.6 Å². The highest BCUT2D eigenvalue weighted by Gasteiger charge is 2.12. The van der Waals surface area contributed by atoms with E-state index in [9.17, 15) is 8.42 Å². The van der Waals surface area contributed by atoms with Crippen molar-refractivity contribution >= 4 is 27.6 Å². The molecule has 5 nitrogen and oxygen atoms in total. The van der Waals surface area contributed by atoms with Crippen molar-refractivity contribution in [1.29, 1.82) is 0 Å². The third-order valence-electron chi connectivity index (χ3n) is 1.67. The summed E-state index contributed by atoms with van der Waals surface area (Å²) in [6.45, 7) is 0. The van der Waals surface area contributed by atoms with E-state index in [0.29, 0.717) is 5.76 Å². The van der Waals surface area contributed by atoms with Crippen LogP contribution in [0.2, 0.25) is 0 Å². The van der Waals surface area contributed by atoms with Crippen LogP contribution in [-0.2, 0) is 10.0 Å². The van der Waals surface area contributed by atoms with Gasteiger partial charge in [-0.05, 0) is 23.6 Å². The van der Waals surface area contributed by atoms with Gasteiger partial charge in [0, 0.05) is 0 Å². The smallest absolute Gasteiger partial charge is 0.286 e. The van der Waals surface area contributed by atoms with Gasteiger partial charge in [0.1, 0.15) is 9.97 Å². The van der Waals surface area contributed by atoms with Crippen LogP contribution in [0, 0.1) is 0 Å². The SMILES string of the molecule is O=S(=O)(N/N=C/c1ccco1)c1cccs1. The van der Waals surface area contributed by atoms with Crippen molar-refractivity contribution in [3.05, 3.63) is 41.7 Å². The van der Waals surface area contributed by atoms with Gasteiger partial charge in [-0.2, -0.15) is 18.4 Å². The summed E-state index contributed by atoms with van der Waals surface area (Å²) >= 11 is 1.13. The zero-order valence-electron chi connectivity index (χ0n) is 8.03. The fraction of sp³-hybridized carbons (Fsp3) is 0. The maximum Gasteiger partial charge on any atom is 0.286 e. The number of hydrazone groups is 1. The Kier molecular flexibility index (Phi) is 3.07. The van der Waals surface area contributed by atoms with Gasteiger partial charge < -0.3 is 4.42 Å². The summed E-state index contributed by atoms with van der Waals surface area (Å²) in [6.07, 6.45) is 2.78. The number of hydrogen-bond donors (Lipinski definition) is 1. The first-order valence-electron chi connectivity index (χ1n) is 4.30. The van der Waals surface area contributed by atoms with Crippen molar-refractivity contribution in [2.24, 2.45) is 5.10 Å². The molecular weight excluding hydrogens is 248 g/mol. The molecular formula is C9H8N2O3S2. The third-order valence-corrected chi connectivity index (χ3v) is 4.29. The van der Waals surface area contributed by atoms with Crippen molar-refractivity contribution < 1.29 is 12.8 Å². The molecule has 0 spiro atoms. The van der Waals surface area contributed by atoms with Crippen molar-refractivity contribution in [1.82, 2.24) is 4.83 Å². The average Bonchev–Trinajstić information content (AvgIpc) is 2.90. The molecule has 2 aromatic heterocycles. The monoisotopic (exact) mass is 256 g/mol. The van der Waals surface area contributed by atoms with Gasteiger partial charge in [0.15, 0.2) is 0 Å². The normalized spacial score (nSPS) is 12.0. The lowest BCUT2D eigenvalue weighted by molar-refractivity contribution is 0.559. The molecule has 1 N–H and O–H groups in total. The lowest BCUT2D eigenvalue weighted by atomic mass is 10.5. The lowest BCUT2D eigenvalue weighted by Gasteiger charge is -1.98. The fourth-order valence-corrected chi connectivity index (χ4v) is 2.76. The summed E-state index contributed by atoms with van der Waals surface area (Å²) in [5.41, 5.74) is 0. The second-order valence-corrected chi connectivity index (χ2v) is 5.64. The molecule has 0 fully saturated rings. The van der Waals surface area contributed by atoms with Crippen LogP contribution in [0.1, 0.15) is 5.76 Å². The molecule has 0 aliphatic carbocycles. The topological polar surface area (TPSA) is 71.7 Å². The van der Waals surface area contributed by atoms with Crippen molar-refractivity contribution in [2.45, 2.75) is 4.21 Å². The maximum atomic E-state index is 11.6. The van der Waals surface area contributed by atoms with Crippen LogP contribution >= 0.6 is 11.3 Å². The van der Waals surface area contributed by atoms with Gasteiger partial charge in [0.2, 0.25) is 0 Å². The summed E-state index contributed by atoms with van der Waals surface area (Å²) in [4.78, 5) is 2.09. The van der Waals surface area contributed by atoms with Crippen LogP contribution in [0.5, 0.6) is 0 Å². The second kappa shape index (κ2) is 4.50. The number of furan rings is 1. The molecule has 0 bridgehead atoms. The van der Waals surface area contributed by atoms with Gasteiger partial charge in [0.25, 0.3) is 10.0 Å². The molecule has 0 aromatic carbocycles. The van der Waals surface area contributed by atoms with Crippen LogP contribution in [0.3, 0.4) is 0 Å². The Bertz CT molecular complexity index is 556. The highest BCUT2D eigenvalue weighted by molar-refractivity contribution is 7.91. The summed E-state index contributed by atoms with van der Waals surface area (Å²) in [5, 5.41) is 5.28. The quantitative estimate of drug-likeness (QED) is 0.668. The number of rotatable bonds is 4. The molecule has 0 aliphatic rings. The van der Waals surface area contributed by atoms with E-state index in [1.54, 1.807) is 23.6 Å². The Morgan fingerprint density at radius 1 is 1.38 bits per heavy atom. The minimum atomic E-state index is -3.54.